The molecule has 0 aliphatic heterocycles. The third-order valence-electron chi connectivity index (χ3n) is 3.02. The van der Waals surface area contributed by atoms with Gasteiger partial charge in [-0.25, -0.2) is 0 Å². The monoisotopic (exact) mass is 293 g/mol. The molecule has 1 aromatic carbocycles. The van der Waals surface area contributed by atoms with E-state index in [0.717, 1.165) is 13.0 Å². The molecule has 0 amide bonds. The highest BCUT2D eigenvalue weighted by Crippen LogP contribution is 2.08. The van der Waals surface area contributed by atoms with E-state index < -0.39 is 0 Å². The highest BCUT2D eigenvalue weighted by Gasteiger charge is 2.08. The molecule has 0 aromatic heterocycles. The van der Waals surface area contributed by atoms with Crippen LogP contribution in [0.3, 0.4) is 0 Å². The molecule has 0 bridgehead atoms. The van der Waals surface area contributed by atoms with Crippen LogP contribution in [0, 0.1) is 0 Å². The fraction of sp³-hybridized carbons (Fsp3) is 0.667. The van der Waals surface area contributed by atoms with Gasteiger partial charge in [-0.2, -0.15) is 0 Å². The first-order valence-electron chi connectivity index (χ1n) is 7.90. The Morgan fingerprint density at radius 1 is 1.00 bits per heavy atom. The van der Waals surface area contributed by atoms with Crippen LogP contribution in [-0.4, -0.2) is 31.4 Å². The van der Waals surface area contributed by atoms with E-state index in [4.69, 9.17) is 9.47 Å². The van der Waals surface area contributed by atoms with Gasteiger partial charge in [-0.15, -0.1) is 0 Å². The quantitative estimate of drug-likeness (QED) is 0.706. The van der Waals surface area contributed by atoms with E-state index in [1.807, 2.05) is 0 Å². The van der Waals surface area contributed by atoms with Gasteiger partial charge in [0.2, 0.25) is 0 Å². The van der Waals surface area contributed by atoms with Gasteiger partial charge >= 0.3 is 0 Å². The third kappa shape index (κ3) is 9.62. The summed E-state index contributed by atoms with van der Waals surface area (Å²) in [4.78, 5) is 0. The lowest BCUT2D eigenvalue weighted by atomic mass is 10.1. The summed E-state index contributed by atoms with van der Waals surface area (Å²) in [6.07, 6.45) is 1.07. The van der Waals surface area contributed by atoms with E-state index in [9.17, 15) is 0 Å². The molecule has 3 heteroatoms. The first-order valence-corrected chi connectivity index (χ1v) is 7.90. The zero-order valence-electron chi connectivity index (χ0n) is 14.2. The molecule has 0 aliphatic rings. The van der Waals surface area contributed by atoms with Crippen molar-refractivity contribution in [2.75, 3.05) is 19.8 Å². The second-order valence-corrected chi connectivity index (χ2v) is 6.69. The molecule has 0 radical (unpaired) electrons. The maximum atomic E-state index is 5.63. The van der Waals surface area contributed by atoms with Crippen molar-refractivity contribution in [3.8, 4) is 0 Å². The number of nitrogens with one attached hydrogen (secondary N) is 1. The third-order valence-corrected chi connectivity index (χ3v) is 3.02. The van der Waals surface area contributed by atoms with Crippen molar-refractivity contribution in [1.82, 2.24) is 5.32 Å². The molecule has 0 saturated heterocycles. The van der Waals surface area contributed by atoms with Crippen LogP contribution in [0.5, 0.6) is 0 Å². The van der Waals surface area contributed by atoms with Crippen molar-refractivity contribution < 1.29 is 9.47 Å². The molecule has 0 unspecified atom stereocenters. The van der Waals surface area contributed by atoms with E-state index >= 15 is 0 Å². The lowest BCUT2D eigenvalue weighted by Gasteiger charge is -2.19. The first kappa shape index (κ1) is 18.1. The average molecular weight is 293 g/mol. The number of benzene rings is 1. The minimum atomic E-state index is -0.0883. The minimum absolute atomic E-state index is 0.0883. The molecule has 0 saturated carbocycles. The molecule has 0 heterocycles. The van der Waals surface area contributed by atoms with Crippen LogP contribution in [0.15, 0.2) is 24.3 Å². The SMILES string of the molecule is CC(C)NCCc1ccc(COCCOC(C)(C)C)cc1. The van der Waals surface area contributed by atoms with Gasteiger partial charge in [-0.3, -0.25) is 0 Å². The molecule has 1 aromatic rings. The Hall–Kier alpha value is -0.900. The summed E-state index contributed by atoms with van der Waals surface area (Å²) >= 11 is 0. The highest BCUT2D eigenvalue weighted by molar-refractivity contribution is 5.22. The van der Waals surface area contributed by atoms with Crippen molar-refractivity contribution in [3.05, 3.63) is 35.4 Å². The number of hydrogen-bond donors (Lipinski definition) is 1. The second-order valence-electron chi connectivity index (χ2n) is 6.69. The molecular weight excluding hydrogens is 262 g/mol. The maximum absolute atomic E-state index is 5.63. The molecule has 0 spiro atoms. The summed E-state index contributed by atoms with van der Waals surface area (Å²) in [6.45, 7) is 13.5. The second kappa shape index (κ2) is 9.19. The number of hydrogen-bond acceptors (Lipinski definition) is 3. The molecule has 21 heavy (non-hydrogen) atoms. The van der Waals surface area contributed by atoms with Gasteiger partial charge in [-0.05, 0) is 44.9 Å². The molecule has 0 aliphatic carbocycles. The van der Waals surface area contributed by atoms with Crippen molar-refractivity contribution in [2.24, 2.45) is 0 Å². The van der Waals surface area contributed by atoms with Crippen LogP contribution in [-0.2, 0) is 22.5 Å². The standard InChI is InChI=1S/C18H31NO2/c1-15(2)19-11-10-16-6-8-17(9-7-16)14-20-12-13-21-18(3,4)5/h6-9,15,19H,10-14H2,1-5H3. The van der Waals surface area contributed by atoms with Gasteiger partial charge in [0.15, 0.2) is 0 Å². The largest absolute Gasteiger partial charge is 0.374 e. The van der Waals surface area contributed by atoms with Crippen molar-refractivity contribution in [2.45, 2.75) is 59.3 Å². The molecular formula is C18H31NO2. The van der Waals surface area contributed by atoms with Crippen molar-refractivity contribution in [3.63, 3.8) is 0 Å². The van der Waals surface area contributed by atoms with Gasteiger partial charge in [0, 0.05) is 6.04 Å². The van der Waals surface area contributed by atoms with Crippen LogP contribution in [0.1, 0.15) is 45.7 Å². The van der Waals surface area contributed by atoms with Crippen LogP contribution in [0.2, 0.25) is 0 Å². The molecule has 0 atom stereocenters. The zero-order chi connectivity index (χ0) is 15.7. The predicted molar refractivity (Wildman–Crippen MR) is 88.6 cm³/mol. The summed E-state index contributed by atoms with van der Waals surface area (Å²) in [5.41, 5.74) is 2.49. The van der Waals surface area contributed by atoms with E-state index in [2.05, 4.69) is 64.2 Å². The van der Waals surface area contributed by atoms with Gasteiger partial charge in [0.25, 0.3) is 0 Å². The van der Waals surface area contributed by atoms with Gasteiger partial charge in [0.1, 0.15) is 0 Å². The van der Waals surface area contributed by atoms with Crippen molar-refractivity contribution in [1.29, 1.82) is 0 Å². The van der Waals surface area contributed by atoms with Crippen LogP contribution in [0.25, 0.3) is 0 Å². The Kier molecular flexibility index (Phi) is 7.94. The molecule has 120 valence electrons. The van der Waals surface area contributed by atoms with Gasteiger partial charge in [0.05, 0.1) is 25.4 Å². The van der Waals surface area contributed by atoms with Gasteiger partial charge in [-0.1, -0.05) is 38.1 Å². The maximum Gasteiger partial charge on any atom is 0.0718 e. The Morgan fingerprint density at radius 3 is 2.19 bits per heavy atom. The highest BCUT2D eigenvalue weighted by atomic mass is 16.5. The van der Waals surface area contributed by atoms with E-state index in [-0.39, 0.29) is 5.60 Å². The summed E-state index contributed by atoms with van der Waals surface area (Å²) in [5.74, 6) is 0. The first-order chi connectivity index (χ1) is 9.87. The Labute approximate surface area is 130 Å². The van der Waals surface area contributed by atoms with Crippen LogP contribution < -0.4 is 5.32 Å². The average Bonchev–Trinajstić information content (AvgIpc) is 2.38. The fourth-order valence-corrected chi connectivity index (χ4v) is 1.90. The summed E-state index contributed by atoms with van der Waals surface area (Å²) in [5, 5.41) is 3.43. The Balaban J connectivity index is 2.19. The van der Waals surface area contributed by atoms with E-state index in [1.165, 1.54) is 11.1 Å². The topological polar surface area (TPSA) is 30.5 Å². The number of ether oxygens (including phenoxy) is 2. The van der Waals surface area contributed by atoms with E-state index in [1.54, 1.807) is 0 Å². The van der Waals surface area contributed by atoms with Crippen molar-refractivity contribution >= 4 is 0 Å². The zero-order valence-corrected chi connectivity index (χ0v) is 14.2. The molecule has 1 rings (SSSR count). The fourth-order valence-electron chi connectivity index (χ4n) is 1.90. The molecule has 3 nitrogen and oxygen atoms in total. The molecule has 0 fully saturated rings. The number of rotatable bonds is 9. The predicted octanol–water partition coefficient (Wildman–Crippen LogP) is 3.56. The van der Waals surface area contributed by atoms with Crippen LogP contribution in [0.4, 0.5) is 0 Å². The lowest BCUT2D eigenvalue weighted by molar-refractivity contribution is -0.0376. The minimum Gasteiger partial charge on any atom is -0.374 e. The van der Waals surface area contributed by atoms with E-state index in [0.29, 0.717) is 25.9 Å². The van der Waals surface area contributed by atoms with Gasteiger partial charge < -0.3 is 14.8 Å². The van der Waals surface area contributed by atoms with Crippen LogP contribution >= 0.6 is 0 Å². The smallest absolute Gasteiger partial charge is 0.0718 e. The summed E-state index contributed by atoms with van der Waals surface area (Å²) in [7, 11) is 0. The summed E-state index contributed by atoms with van der Waals surface area (Å²) in [6, 6.07) is 9.22. The normalized spacial score (nSPS) is 12.1. The summed E-state index contributed by atoms with van der Waals surface area (Å²) < 4.78 is 11.2. The Bertz CT molecular complexity index is 379. The lowest BCUT2D eigenvalue weighted by Crippen LogP contribution is -2.24. The Morgan fingerprint density at radius 2 is 1.62 bits per heavy atom. The molecule has 1 N–H and O–H groups in total.